The molecule has 7 aromatic carbocycles. The van der Waals surface area contributed by atoms with Gasteiger partial charge in [-0.2, -0.15) is 0 Å². The van der Waals surface area contributed by atoms with Gasteiger partial charge in [0.25, 0.3) is 0 Å². The molecule has 198 valence electrons. The van der Waals surface area contributed by atoms with E-state index >= 15 is 0 Å². The first kappa shape index (κ1) is 24.9. The van der Waals surface area contributed by atoms with Crippen LogP contribution >= 0.6 is 0 Å². The molecule has 0 aliphatic rings. The van der Waals surface area contributed by atoms with E-state index in [1.165, 1.54) is 58.0 Å². The molecule has 0 fully saturated rings. The molecule has 0 amide bonds. The SMILES string of the molecule is c1ccc(-c2ccc(N(c3ccc(-c4ccccc4)cc3)c3cccc4ccc5c6ccccc6[se]c5c34)cc2)cc1. The zero-order chi connectivity index (χ0) is 27.9. The van der Waals surface area contributed by atoms with E-state index in [9.17, 15) is 0 Å². The number of fused-ring (bicyclic) bond motifs is 5. The Balaban J connectivity index is 1.34. The van der Waals surface area contributed by atoms with Crippen LogP contribution in [0.3, 0.4) is 0 Å². The van der Waals surface area contributed by atoms with E-state index in [2.05, 4.69) is 169 Å². The topological polar surface area (TPSA) is 3.24 Å². The number of rotatable bonds is 5. The standard InChI is InChI=1S/C40H27NSe/c1-3-10-28(11-4-1)30-18-23-33(24-19-30)41(34-25-20-31(21-26-34)29-12-5-2-6-13-29)37-16-9-14-32-22-27-36-35-15-7-8-17-38(35)42-40(36)39(32)37/h1-27H. The molecule has 0 aliphatic carbocycles. The molecule has 0 N–H and O–H groups in total. The summed E-state index contributed by atoms with van der Waals surface area (Å²) in [6.45, 7) is 0. The van der Waals surface area contributed by atoms with Gasteiger partial charge in [-0.25, -0.2) is 0 Å². The molecule has 0 radical (unpaired) electrons. The Morgan fingerprint density at radius 3 is 1.55 bits per heavy atom. The van der Waals surface area contributed by atoms with Crippen LogP contribution in [-0.4, -0.2) is 14.5 Å². The molecular weight excluding hydrogens is 573 g/mol. The first-order chi connectivity index (χ1) is 20.8. The average Bonchev–Trinajstić information content (AvgIpc) is 3.45. The molecule has 1 aromatic heterocycles. The summed E-state index contributed by atoms with van der Waals surface area (Å²) in [5, 5.41) is 5.40. The summed E-state index contributed by atoms with van der Waals surface area (Å²) in [6.07, 6.45) is 0. The van der Waals surface area contributed by atoms with Crippen LogP contribution in [-0.2, 0) is 0 Å². The van der Waals surface area contributed by atoms with E-state index in [1.807, 2.05) is 0 Å². The number of anilines is 3. The fourth-order valence-corrected chi connectivity index (χ4v) is 8.67. The van der Waals surface area contributed by atoms with Gasteiger partial charge in [0, 0.05) is 0 Å². The fourth-order valence-electron chi connectivity index (χ4n) is 6.01. The van der Waals surface area contributed by atoms with Crippen molar-refractivity contribution in [3.05, 3.63) is 164 Å². The molecule has 42 heavy (non-hydrogen) atoms. The van der Waals surface area contributed by atoms with Gasteiger partial charge in [-0.15, -0.1) is 0 Å². The van der Waals surface area contributed by atoms with Gasteiger partial charge in [-0.3, -0.25) is 0 Å². The van der Waals surface area contributed by atoms with E-state index in [0.29, 0.717) is 0 Å². The Kier molecular flexibility index (Phi) is 6.22. The molecule has 0 saturated carbocycles. The van der Waals surface area contributed by atoms with Crippen LogP contribution in [0.25, 0.3) is 52.3 Å². The van der Waals surface area contributed by atoms with Crippen molar-refractivity contribution < 1.29 is 0 Å². The minimum atomic E-state index is 0.252. The van der Waals surface area contributed by atoms with E-state index in [0.717, 1.165) is 11.4 Å². The van der Waals surface area contributed by atoms with Gasteiger partial charge in [-0.05, 0) is 0 Å². The van der Waals surface area contributed by atoms with Crippen LogP contribution in [0.5, 0.6) is 0 Å². The van der Waals surface area contributed by atoms with E-state index in [-0.39, 0.29) is 14.5 Å². The molecule has 0 bridgehead atoms. The van der Waals surface area contributed by atoms with Crippen LogP contribution in [0.2, 0.25) is 0 Å². The van der Waals surface area contributed by atoms with Crippen molar-refractivity contribution in [1.29, 1.82) is 0 Å². The molecule has 8 rings (SSSR count). The molecular formula is C40H27NSe. The van der Waals surface area contributed by atoms with Gasteiger partial charge in [-0.1, -0.05) is 0 Å². The second-order valence-corrected chi connectivity index (χ2v) is 12.8. The molecule has 0 saturated heterocycles. The maximum atomic E-state index is 2.44. The summed E-state index contributed by atoms with van der Waals surface area (Å²) in [5.41, 5.74) is 8.41. The summed E-state index contributed by atoms with van der Waals surface area (Å²) in [7, 11) is 0. The zero-order valence-electron chi connectivity index (χ0n) is 22.9. The summed E-state index contributed by atoms with van der Waals surface area (Å²) >= 11 is 0.252. The van der Waals surface area contributed by atoms with Crippen molar-refractivity contribution in [2.75, 3.05) is 4.90 Å². The molecule has 1 nitrogen and oxygen atoms in total. The molecule has 0 unspecified atom stereocenters. The van der Waals surface area contributed by atoms with Crippen molar-refractivity contribution in [3.63, 3.8) is 0 Å². The van der Waals surface area contributed by atoms with Crippen molar-refractivity contribution in [2.24, 2.45) is 0 Å². The number of hydrogen-bond donors (Lipinski definition) is 0. The third-order valence-electron chi connectivity index (χ3n) is 8.07. The average molecular weight is 601 g/mol. The van der Waals surface area contributed by atoms with Crippen molar-refractivity contribution in [1.82, 2.24) is 0 Å². The summed E-state index contributed by atoms with van der Waals surface area (Å²) in [5.74, 6) is 0. The fraction of sp³-hybridized carbons (Fsp3) is 0. The van der Waals surface area contributed by atoms with Crippen LogP contribution < -0.4 is 4.90 Å². The first-order valence-corrected chi connectivity index (χ1v) is 16.0. The summed E-state index contributed by atoms with van der Waals surface area (Å²) in [6, 6.07) is 59.5. The van der Waals surface area contributed by atoms with Crippen molar-refractivity contribution in [2.45, 2.75) is 0 Å². The van der Waals surface area contributed by atoms with Crippen LogP contribution in [0.1, 0.15) is 0 Å². The Morgan fingerprint density at radius 1 is 0.381 bits per heavy atom. The predicted octanol–water partition coefficient (Wildman–Crippen LogP) is 11.0. The summed E-state index contributed by atoms with van der Waals surface area (Å²) in [4.78, 5) is 2.44. The van der Waals surface area contributed by atoms with E-state index in [1.54, 1.807) is 0 Å². The Labute approximate surface area is 251 Å². The zero-order valence-corrected chi connectivity index (χ0v) is 24.7. The van der Waals surface area contributed by atoms with Gasteiger partial charge in [0.05, 0.1) is 0 Å². The molecule has 0 atom stereocenters. The number of benzene rings is 7. The van der Waals surface area contributed by atoms with Crippen molar-refractivity contribution in [3.8, 4) is 22.3 Å². The third kappa shape index (κ3) is 4.33. The van der Waals surface area contributed by atoms with Crippen LogP contribution in [0, 0.1) is 0 Å². The maximum absolute atomic E-state index is 2.44. The van der Waals surface area contributed by atoms with Crippen molar-refractivity contribution >= 4 is 61.6 Å². The van der Waals surface area contributed by atoms with E-state index in [4.69, 9.17) is 0 Å². The Bertz CT molecular complexity index is 2080. The Hall–Kier alpha value is -4.88. The number of nitrogens with zero attached hydrogens (tertiary/aromatic N) is 1. The van der Waals surface area contributed by atoms with Gasteiger partial charge in [0.2, 0.25) is 0 Å². The van der Waals surface area contributed by atoms with Gasteiger partial charge in [0.15, 0.2) is 0 Å². The van der Waals surface area contributed by atoms with Crippen LogP contribution in [0.15, 0.2) is 164 Å². The molecule has 0 aliphatic heterocycles. The minimum absolute atomic E-state index is 0.252. The third-order valence-corrected chi connectivity index (χ3v) is 10.6. The quantitative estimate of drug-likeness (QED) is 0.178. The second kappa shape index (κ2) is 10.5. The molecule has 1 heterocycles. The molecule has 8 aromatic rings. The number of hydrogen-bond acceptors (Lipinski definition) is 1. The van der Waals surface area contributed by atoms with Crippen LogP contribution in [0.4, 0.5) is 17.1 Å². The van der Waals surface area contributed by atoms with E-state index < -0.39 is 0 Å². The van der Waals surface area contributed by atoms with Gasteiger partial charge >= 0.3 is 253 Å². The normalized spacial score (nSPS) is 11.3. The second-order valence-electron chi connectivity index (χ2n) is 10.6. The Morgan fingerprint density at radius 2 is 0.929 bits per heavy atom. The van der Waals surface area contributed by atoms with Gasteiger partial charge in [0.1, 0.15) is 0 Å². The molecule has 0 spiro atoms. The predicted molar refractivity (Wildman–Crippen MR) is 181 cm³/mol. The first-order valence-electron chi connectivity index (χ1n) is 14.3. The molecule has 2 heteroatoms. The summed E-state index contributed by atoms with van der Waals surface area (Å²) < 4.78 is 2.94. The monoisotopic (exact) mass is 601 g/mol. The van der Waals surface area contributed by atoms with Gasteiger partial charge < -0.3 is 0 Å².